The number of para-hydroxylation sites is 1. The number of aliphatic hydroxyl groups is 1. The number of nitrogens with zero attached hydrogens (tertiary/aromatic N) is 2. The van der Waals surface area contributed by atoms with Gasteiger partial charge in [0.2, 0.25) is 0 Å². The Kier molecular flexibility index (Phi) is 8.31. The second kappa shape index (κ2) is 10.3. The number of ether oxygens (including phenoxy) is 1. The fourth-order valence-corrected chi connectivity index (χ4v) is 3.54. The average Bonchev–Trinajstić information content (AvgIpc) is 3.30. The van der Waals surface area contributed by atoms with E-state index in [9.17, 15) is 9.50 Å². The Balaban J connectivity index is 0.00000150. The lowest BCUT2D eigenvalue weighted by molar-refractivity contribution is 0.151. The molecule has 1 saturated heterocycles. The van der Waals surface area contributed by atoms with Gasteiger partial charge in [0.1, 0.15) is 24.0 Å². The number of hydrogen-bond acceptors (Lipinski definition) is 4. The summed E-state index contributed by atoms with van der Waals surface area (Å²) in [5.41, 5.74) is 1.08. The Bertz CT molecular complexity index is 934. The Morgan fingerprint density at radius 3 is 2.69 bits per heavy atom. The molecule has 1 aliphatic rings. The molecule has 2 N–H and O–H groups in total. The summed E-state index contributed by atoms with van der Waals surface area (Å²) in [6, 6.07) is 11.9. The van der Waals surface area contributed by atoms with Gasteiger partial charge in [-0.25, -0.2) is 9.37 Å². The lowest BCUT2D eigenvalue weighted by atomic mass is 10.1. The first kappa shape index (κ1) is 23.4. The molecule has 3 aromatic rings. The predicted octanol–water partition coefficient (Wildman–Crippen LogP) is 4.27. The summed E-state index contributed by atoms with van der Waals surface area (Å²) in [6.07, 6.45) is 3.06. The molecule has 9 heteroatoms. The Morgan fingerprint density at radius 2 is 1.97 bits per heavy atom. The van der Waals surface area contributed by atoms with Crippen LogP contribution in [0.2, 0.25) is 5.02 Å². The molecule has 0 aliphatic carbocycles. The first-order chi connectivity index (χ1) is 13.1. The summed E-state index contributed by atoms with van der Waals surface area (Å²) in [7, 11) is 0. The van der Waals surface area contributed by atoms with E-state index in [1.165, 1.54) is 6.07 Å². The molecule has 29 heavy (non-hydrogen) atoms. The van der Waals surface area contributed by atoms with Crippen LogP contribution in [0.3, 0.4) is 0 Å². The van der Waals surface area contributed by atoms with Crippen LogP contribution in [0.4, 0.5) is 4.39 Å². The van der Waals surface area contributed by atoms with Crippen molar-refractivity contribution >= 4 is 36.4 Å². The number of aliphatic hydroxyl groups excluding tert-OH is 1. The van der Waals surface area contributed by atoms with Gasteiger partial charge in [-0.05, 0) is 24.3 Å². The highest BCUT2D eigenvalue weighted by atomic mass is 35.5. The van der Waals surface area contributed by atoms with E-state index in [0.29, 0.717) is 35.2 Å². The van der Waals surface area contributed by atoms with Gasteiger partial charge in [-0.1, -0.05) is 29.8 Å². The third-order valence-corrected chi connectivity index (χ3v) is 5.09. The molecule has 2 aromatic carbocycles. The van der Waals surface area contributed by atoms with Gasteiger partial charge >= 0.3 is 0 Å². The van der Waals surface area contributed by atoms with Crippen LogP contribution in [0.1, 0.15) is 11.6 Å². The molecule has 0 saturated carbocycles. The molecule has 1 aliphatic heterocycles. The molecular formula is C20H21Cl3FN3O2. The van der Waals surface area contributed by atoms with Crippen LogP contribution >= 0.6 is 36.4 Å². The molecule has 2 atom stereocenters. The van der Waals surface area contributed by atoms with E-state index in [0.717, 1.165) is 5.56 Å². The zero-order valence-electron chi connectivity index (χ0n) is 15.3. The molecule has 1 fully saturated rings. The van der Waals surface area contributed by atoms with E-state index in [1.54, 1.807) is 18.3 Å². The quantitative estimate of drug-likeness (QED) is 0.597. The van der Waals surface area contributed by atoms with E-state index < -0.39 is 11.9 Å². The minimum atomic E-state index is -0.483. The number of nitrogens with one attached hydrogen (secondary N) is 1. The van der Waals surface area contributed by atoms with Crippen LogP contribution in [-0.4, -0.2) is 33.9 Å². The second-order valence-electron chi connectivity index (χ2n) is 6.44. The zero-order chi connectivity index (χ0) is 18.8. The molecule has 1 aromatic heterocycles. The van der Waals surface area contributed by atoms with E-state index >= 15 is 0 Å². The minimum absolute atomic E-state index is 0. The summed E-state index contributed by atoms with van der Waals surface area (Å²) in [6.45, 7) is 1.22. The van der Waals surface area contributed by atoms with Crippen molar-refractivity contribution < 1.29 is 14.2 Å². The standard InChI is InChI=1S/C20H19ClFN3O2.2ClH/c21-15-5-3-6-16(22)14(15)12-27-19-7-2-1-4-13(19)20-24-8-9-25(20)17-10-23-11-18(17)26;;/h1-9,17-18,23,26H,10-12H2;2*1H/t17-,18+;;/m1../s1. The van der Waals surface area contributed by atoms with Crippen LogP contribution < -0.4 is 10.1 Å². The summed E-state index contributed by atoms with van der Waals surface area (Å²) in [5, 5.41) is 13.7. The van der Waals surface area contributed by atoms with Crippen molar-refractivity contribution in [2.75, 3.05) is 13.1 Å². The first-order valence-corrected chi connectivity index (χ1v) is 9.09. The van der Waals surface area contributed by atoms with Gasteiger partial charge in [-0.15, -0.1) is 24.8 Å². The smallest absolute Gasteiger partial charge is 0.144 e. The first-order valence-electron chi connectivity index (χ1n) is 8.72. The van der Waals surface area contributed by atoms with Crippen LogP contribution in [0.15, 0.2) is 54.9 Å². The van der Waals surface area contributed by atoms with Gasteiger partial charge in [0, 0.05) is 31.0 Å². The number of benzene rings is 2. The maximum Gasteiger partial charge on any atom is 0.144 e. The molecule has 156 valence electrons. The van der Waals surface area contributed by atoms with Gasteiger partial charge in [0.15, 0.2) is 0 Å². The van der Waals surface area contributed by atoms with Crippen LogP contribution in [0.25, 0.3) is 11.4 Å². The van der Waals surface area contributed by atoms with Crippen molar-refractivity contribution in [1.29, 1.82) is 0 Å². The fourth-order valence-electron chi connectivity index (χ4n) is 3.32. The Hall–Kier alpha value is -1.83. The number of aromatic nitrogens is 2. The monoisotopic (exact) mass is 459 g/mol. The van der Waals surface area contributed by atoms with Gasteiger partial charge in [-0.3, -0.25) is 0 Å². The predicted molar refractivity (Wildman–Crippen MR) is 116 cm³/mol. The van der Waals surface area contributed by atoms with E-state index in [1.807, 2.05) is 35.0 Å². The van der Waals surface area contributed by atoms with E-state index in [-0.39, 0.29) is 37.5 Å². The average molecular weight is 461 g/mol. The maximum absolute atomic E-state index is 14.0. The lowest BCUT2D eigenvalue weighted by Crippen LogP contribution is -2.22. The Labute approximate surface area is 185 Å². The van der Waals surface area contributed by atoms with Crippen molar-refractivity contribution in [2.24, 2.45) is 0 Å². The highest BCUT2D eigenvalue weighted by molar-refractivity contribution is 6.31. The van der Waals surface area contributed by atoms with Crippen LogP contribution in [0.5, 0.6) is 5.75 Å². The number of halogens is 4. The number of imidazole rings is 1. The van der Waals surface area contributed by atoms with Crippen molar-refractivity contribution in [3.8, 4) is 17.1 Å². The molecule has 5 nitrogen and oxygen atoms in total. The second-order valence-corrected chi connectivity index (χ2v) is 6.84. The summed E-state index contributed by atoms with van der Waals surface area (Å²) in [4.78, 5) is 4.46. The van der Waals surface area contributed by atoms with Gasteiger partial charge < -0.3 is 19.7 Å². The molecule has 4 rings (SSSR count). The molecule has 0 spiro atoms. The molecule has 0 bridgehead atoms. The summed E-state index contributed by atoms with van der Waals surface area (Å²) in [5.74, 6) is 0.865. The zero-order valence-corrected chi connectivity index (χ0v) is 17.7. The molecule has 2 heterocycles. The molecular weight excluding hydrogens is 440 g/mol. The number of hydrogen-bond donors (Lipinski definition) is 2. The lowest BCUT2D eigenvalue weighted by Gasteiger charge is -2.19. The number of rotatable bonds is 5. The summed E-state index contributed by atoms with van der Waals surface area (Å²) >= 11 is 6.09. The van der Waals surface area contributed by atoms with Crippen molar-refractivity contribution in [1.82, 2.24) is 14.9 Å². The van der Waals surface area contributed by atoms with Crippen LogP contribution in [0, 0.1) is 5.82 Å². The van der Waals surface area contributed by atoms with Crippen molar-refractivity contribution in [2.45, 2.75) is 18.8 Å². The molecule has 0 radical (unpaired) electrons. The van der Waals surface area contributed by atoms with E-state index in [2.05, 4.69) is 10.3 Å². The van der Waals surface area contributed by atoms with Crippen LogP contribution in [-0.2, 0) is 6.61 Å². The fraction of sp³-hybridized carbons (Fsp3) is 0.250. The third-order valence-electron chi connectivity index (χ3n) is 4.74. The Morgan fingerprint density at radius 1 is 1.17 bits per heavy atom. The molecule has 0 amide bonds. The highest BCUT2D eigenvalue weighted by Crippen LogP contribution is 2.32. The maximum atomic E-state index is 14.0. The van der Waals surface area contributed by atoms with Crippen molar-refractivity contribution in [3.63, 3.8) is 0 Å². The number of β-amino-alcohol motifs (C(OH)–C–C–N with tert-alkyl or cyclic N) is 1. The largest absolute Gasteiger partial charge is 0.488 e. The topological polar surface area (TPSA) is 59.3 Å². The highest BCUT2D eigenvalue weighted by Gasteiger charge is 2.28. The van der Waals surface area contributed by atoms with E-state index in [4.69, 9.17) is 16.3 Å². The van der Waals surface area contributed by atoms with Gasteiger partial charge in [0.05, 0.1) is 22.7 Å². The van der Waals surface area contributed by atoms with Gasteiger partial charge in [-0.2, -0.15) is 0 Å². The van der Waals surface area contributed by atoms with Gasteiger partial charge in [0.25, 0.3) is 0 Å². The summed E-state index contributed by atoms with van der Waals surface area (Å²) < 4.78 is 21.9. The molecule has 0 unspecified atom stereocenters. The third kappa shape index (κ3) is 4.85. The minimum Gasteiger partial charge on any atom is -0.488 e. The van der Waals surface area contributed by atoms with Crippen molar-refractivity contribution in [3.05, 3.63) is 71.3 Å². The SMILES string of the molecule is Cl.Cl.O[C@H]1CNC[C@H]1n1ccnc1-c1ccccc1OCc1c(F)cccc1Cl. The normalized spacial score (nSPS) is 18.0.